The number of rotatable bonds is 3. The highest BCUT2D eigenvalue weighted by atomic mass is 16.6. The van der Waals surface area contributed by atoms with E-state index >= 15 is 0 Å². The third kappa shape index (κ3) is 4.97. The molecule has 0 atom stereocenters. The summed E-state index contributed by atoms with van der Waals surface area (Å²) in [5.41, 5.74) is 0.264. The molecule has 0 spiro atoms. The Labute approximate surface area is 135 Å². The third-order valence-electron chi connectivity index (χ3n) is 3.71. The van der Waals surface area contributed by atoms with E-state index in [1.165, 1.54) is 7.11 Å². The van der Waals surface area contributed by atoms with Gasteiger partial charge >= 0.3 is 12.1 Å². The number of methoxy groups -OCH3 is 1. The molecule has 7 nitrogen and oxygen atoms in total. The fourth-order valence-electron chi connectivity index (χ4n) is 2.55. The lowest BCUT2D eigenvalue weighted by Gasteiger charge is -2.33. The van der Waals surface area contributed by atoms with Crippen molar-refractivity contribution in [2.75, 3.05) is 20.2 Å². The first-order chi connectivity index (χ1) is 10.8. The summed E-state index contributed by atoms with van der Waals surface area (Å²) in [4.78, 5) is 25.1. The van der Waals surface area contributed by atoms with E-state index in [0.29, 0.717) is 19.0 Å². The molecule has 1 amide bonds. The van der Waals surface area contributed by atoms with E-state index in [9.17, 15) is 9.59 Å². The second kappa shape index (κ2) is 7.02. The van der Waals surface area contributed by atoms with Gasteiger partial charge in [-0.15, -0.1) is 0 Å². The zero-order valence-corrected chi connectivity index (χ0v) is 14.1. The normalized spacial score (nSPS) is 16.3. The van der Waals surface area contributed by atoms with Gasteiger partial charge in [0.15, 0.2) is 0 Å². The van der Waals surface area contributed by atoms with E-state index in [1.807, 2.05) is 20.8 Å². The molecule has 1 fully saturated rings. The van der Waals surface area contributed by atoms with Crippen LogP contribution in [0, 0.1) is 5.92 Å². The Morgan fingerprint density at radius 3 is 2.57 bits per heavy atom. The van der Waals surface area contributed by atoms with Crippen LogP contribution in [0.25, 0.3) is 0 Å². The van der Waals surface area contributed by atoms with Crippen molar-refractivity contribution in [3.8, 4) is 0 Å². The van der Waals surface area contributed by atoms with Gasteiger partial charge in [-0.25, -0.2) is 9.59 Å². The van der Waals surface area contributed by atoms with Crippen LogP contribution >= 0.6 is 0 Å². The van der Waals surface area contributed by atoms with E-state index in [2.05, 4.69) is 9.89 Å². The monoisotopic (exact) mass is 324 g/mol. The molecule has 7 heteroatoms. The lowest BCUT2D eigenvalue weighted by molar-refractivity contribution is 0.0183. The molecule has 0 bridgehead atoms. The van der Waals surface area contributed by atoms with Crippen molar-refractivity contribution in [2.45, 2.75) is 45.6 Å². The molecule has 1 aliphatic heterocycles. The molecular weight excluding hydrogens is 300 g/mol. The van der Waals surface area contributed by atoms with Crippen molar-refractivity contribution < 1.29 is 23.6 Å². The van der Waals surface area contributed by atoms with Crippen LogP contribution in [0.2, 0.25) is 0 Å². The number of ether oxygens (including phenoxy) is 2. The minimum absolute atomic E-state index is 0.119. The Kier molecular flexibility index (Phi) is 5.28. The van der Waals surface area contributed by atoms with Crippen LogP contribution in [0.5, 0.6) is 0 Å². The van der Waals surface area contributed by atoms with Gasteiger partial charge in [0.2, 0.25) is 5.76 Å². The van der Waals surface area contributed by atoms with Gasteiger partial charge < -0.3 is 18.9 Å². The van der Waals surface area contributed by atoms with Crippen LogP contribution in [0.15, 0.2) is 10.6 Å². The fourth-order valence-corrected chi connectivity index (χ4v) is 2.55. The zero-order chi connectivity index (χ0) is 17.0. The number of hydrogen-bond acceptors (Lipinski definition) is 6. The average Bonchev–Trinajstić information content (AvgIpc) is 2.94. The summed E-state index contributed by atoms with van der Waals surface area (Å²) < 4.78 is 14.9. The molecule has 0 aromatic carbocycles. The lowest BCUT2D eigenvalue weighted by Crippen LogP contribution is -2.42. The van der Waals surface area contributed by atoms with Crippen LogP contribution in [0.3, 0.4) is 0 Å². The molecule has 23 heavy (non-hydrogen) atoms. The van der Waals surface area contributed by atoms with Crippen LogP contribution in [-0.2, 0) is 15.9 Å². The van der Waals surface area contributed by atoms with Gasteiger partial charge in [-0.3, -0.25) is 0 Å². The molecule has 0 saturated carbocycles. The van der Waals surface area contributed by atoms with Crippen molar-refractivity contribution in [2.24, 2.45) is 5.92 Å². The van der Waals surface area contributed by atoms with E-state index in [1.54, 1.807) is 11.0 Å². The second-order valence-corrected chi connectivity index (χ2v) is 6.79. The van der Waals surface area contributed by atoms with Crippen molar-refractivity contribution in [3.63, 3.8) is 0 Å². The van der Waals surface area contributed by atoms with Crippen molar-refractivity contribution in [1.82, 2.24) is 10.1 Å². The number of likely N-dealkylation sites (tertiary alicyclic amines) is 1. The first-order valence-corrected chi connectivity index (χ1v) is 7.80. The highest BCUT2D eigenvalue weighted by Gasteiger charge is 2.27. The summed E-state index contributed by atoms with van der Waals surface area (Å²) in [6.45, 7) is 6.92. The first-order valence-electron chi connectivity index (χ1n) is 7.80. The predicted octanol–water partition coefficient (Wildman–Crippen LogP) is 2.65. The molecule has 1 saturated heterocycles. The van der Waals surface area contributed by atoms with E-state index in [4.69, 9.17) is 9.26 Å². The summed E-state index contributed by atoms with van der Waals surface area (Å²) in [6, 6.07) is 1.62. The largest absolute Gasteiger partial charge is 0.463 e. The SMILES string of the molecule is COC(=O)c1cc(CC2CCN(C(=O)OC(C)(C)C)CC2)no1. The minimum atomic E-state index is -0.525. The molecule has 1 aromatic rings. The Morgan fingerprint density at radius 2 is 2.00 bits per heavy atom. The number of hydrogen-bond donors (Lipinski definition) is 0. The molecule has 0 radical (unpaired) electrons. The van der Waals surface area contributed by atoms with Crippen molar-refractivity contribution in [3.05, 3.63) is 17.5 Å². The van der Waals surface area contributed by atoms with Gasteiger partial charge in [0.1, 0.15) is 5.60 Å². The van der Waals surface area contributed by atoms with Crippen LogP contribution in [-0.4, -0.2) is 47.9 Å². The van der Waals surface area contributed by atoms with Gasteiger partial charge in [0, 0.05) is 19.2 Å². The smallest absolute Gasteiger partial charge is 0.410 e. The van der Waals surface area contributed by atoms with Crippen LogP contribution < -0.4 is 0 Å². The Morgan fingerprint density at radius 1 is 1.35 bits per heavy atom. The number of aromatic nitrogens is 1. The molecule has 1 aliphatic rings. The number of carbonyl (C=O) groups is 2. The Hall–Kier alpha value is -2.05. The summed E-state index contributed by atoms with van der Waals surface area (Å²) in [5.74, 6) is 0.00136. The number of piperidine rings is 1. The molecular formula is C16H24N2O5. The van der Waals surface area contributed by atoms with Crippen molar-refractivity contribution >= 4 is 12.1 Å². The zero-order valence-electron chi connectivity index (χ0n) is 14.1. The maximum atomic E-state index is 12.0. The molecule has 0 unspecified atom stereocenters. The third-order valence-corrected chi connectivity index (χ3v) is 3.71. The predicted molar refractivity (Wildman–Crippen MR) is 82.1 cm³/mol. The minimum Gasteiger partial charge on any atom is -0.463 e. The molecule has 1 aromatic heterocycles. The highest BCUT2D eigenvalue weighted by molar-refractivity contribution is 5.86. The van der Waals surface area contributed by atoms with E-state index < -0.39 is 11.6 Å². The van der Waals surface area contributed by atoms with Gasteiger partial charge in [0.05, 0.1) is 12.8 Å². The molecule has 2 heterocycles. The molecule has 0 aliphatic carbocycles. The quantitative estimate of drug-likeness (QED) is 0.795. The average molecular weight is 324 g/mol. The van der Waals surface area contributed by atoms with Gasteiger partial charge in [0.25, 0.3) is 0 Å². The van der Waals surface area contributed by atoms with Crippen LogP contribution in [0.1, 0.15) is 49.9 Å². The number of nitrogens with zero attached hydrogens (tertiary/aromatic N) is 2. The summed E-state index contributed by atoms with van der Waals surface area (Å²) >= 11 is 0. The van der Waals surface area contributed by atoms with E-state index in [0.717, 1.165) is 25.0 Å². The maximum Gasteiger partial charge on any atom is 0.410 e. The topological polar surface area (TPSA) is 81.9 Å². The summed E-state index contributed by atoms with van der Waals surface area (Å²) in [6.07, 6.45) is 2.22. The lowest BCUT2D eigenvalue weighted by atomic mass is 9.92. The standard InChI is InChI=1S/C16H24N2O5/c1-16(2,3)22-15(20)18-7-5-11(6-8-18)9-12-10-13(23-17-12)14(19)21-4/h10-11H,5-9H2,1-4H3. The van der Waals surface area contributed by atoms with Gasteiger partial charge in [-0.2, -0.15) is 0 Å². The van der Waals surface area contributed by atoms with Crippen molar-refractivity contribution in [1.29, 1.82) is 0 Å². The Bertz CT molecular complexity index is 553. The number of esters is 1. The van der Waals surface area contributed by atoms with Gasteiger partial charge in [-0.05, 0) is 46.0 Å². The summed E-state index contributed by atoms with van der Waals surface area (Å²) in [7, 11) is 1.30. The first kappa shape index (κ1) is 17.3. The number of amides is 1. The van der Waals surface area contributed by atoms with Crippen LogP contribution in [0.4, 0.5) is 4.79 Å². The number of carbonyl (C=O) groups excluding carboxylic acids is 2. The second-order valence-electron chi connectivity index (χ2n) is 6.79. The highest BCUT2D eigenvalue weighted by Crippen LogP contribution is 2.23. The maximum absolute atomic E-state index is 12.0. The summed E-state index contributed by atoms with van der Waals surface area (Å²) in [5, 5.41) is 3.90. The Balaban J connectivity index is 1.82. The van der Waals surface area contributed by atoms with E-state index in [-0.39, 0.29) is 11.9 Å². The molecule has 0 N–H and O–H groups in total. The fraction of sp³-hybridized carbons (Fsp3) is 0.688. The van der Waals surface area contributed by atoms with Gasteiger partial charge in [-0.1, -0.05) is 5.16 Å². The molecule has 2 rings (SSSR count). The molecule has 128 valence electrons.